The van der Waals surface area contributed by atoms with Gasteiger partial charge in [0.15, 0.2) is 0 Å². The summed E-state index contributed by atoms with van der Waals surface area (Å²) >= 11 is 0. The molecule has 0 fully saturated rings. The second-order valence-corrected chi connectivity index (χ2v) is 6.76. The fourth-order valence-electron chi connectivity index (χ4n) is 2.05. The summed E-state index contributed by atoms with van der Waals surface area (Å²) in [4.78, 5) is 0. The summed E-state index contributed by atoms with van der Waals surface area (Å²) in [6, 6.07) is 0. The van der Waals surface area contributed by atoms with E-state index in [2.05, 4.69) is 19.9 Å². The highest BCUT2D eigenvalue weighted by molar-refractivity contribution is 4.97. The molecule has 0 aromatic carbocycles. The first-order valence-electron chi connectivity index (χ1n) is 8.36. The van der Waals surface area contributed by atoms with Crippen molar-refractivity contribution in [1.29, 1.82) is 0 Å². The molecular weight excluding hydrogens is 248 g/mol. The van der Waals surface area contributed by atoms with E-state index in [1.165, 1.54) is 56.9 Å². The quantitative estimate of drug-likeness (QED) is 0.376. The summed E-state index contributed by atoms with van der Waals surface area (Å²) in [5, 5.41) is 9.13. The highest BCUT2D eigenvalue weighted by Crippen LogP contribution is 2.14. The van der Waals surface area contributed by atoms with E-state index in [1.807, 2.05) is 13.8 Å². The zero-order valence-electron chi connectivity index (χ0n) is 14.2. The molecule has 0 aromatic heterocycles. The minimum atomic E-state index is -0.125. The van der Waals surface area contributed by atoms with Crippen LogP contribution in [0.2, 0.25) is 0 Å². The molecule has 0 rings (SSSR count). The fourth-order valence-corrected chi connectivity index (χ4v) is 2.05. The maximum absolute atomic E-state index is 9.13. The molecular formula is C18H36O2. The third-order valence-corrected chi connectivity index (χ3v) is 3.65. The molecule has 0 aliphatic heterocycles. The fraction of sp³-hybridized carbons (Fsp3) is 0.889. The van der Waals surface area contributed by atoms with E-state index in [0.717, 1.165) is 0 Å². The van der Waals surface area contributed by atoms with E-state index in [1.54, 1.807) is 0 Å². The molecule has 20 heavy (non-hydrogen) atoms. The Bertz CT molecular complexity index is 244. The van der Waals surface area contributed by atoms with Gasteiger partial charge in [-0.05, 0) is 19.8 Å². The van der Waals surface area contributed by atoms with Crippen molar-refractivity contribution in [3.63, 3.8) is 0 Å². The van der Waals surface area contributed by atoms with Gasteiger partial charge >= 0.3 is 0 Å². The Morgan fingerprint density at radius 3 is 2.25 bits per heavy atom. The van der Waals surface area contributed by atoms with Crippen molar-refractivity contribution in [2.75, 3.05) is 19.8 Å². The number of aliphatic hydroxyl groups is 1. The lowest BCUT2D eigenvalue weighted by Gasteiger charge is -2.20. The summed E-state index contributed by atoms with van der Waals surface area (Å²) < 4.78 is 5.60. The molecule has 0 amide bonds. The number of hydrogen-bond acceptors (Lipinski definition) is 2. The lowest BCUT2D eigenvalue weighted by Crippen LogP contribution is -2.23. The minimum absolute atomic E-state index is 0.125. The molecule has 0 aromatic rings. The Morgan fingerprint density at radius 1 is 1.05 bits per heavy atom. The van der Waals surface area contributed by atoms with Crippen molar-refractivity contribution in [2.45, 2.75) is 79.1 Å². The van der Waals surface area contributed by atoms with Gasteiger partial charge in [-0.1, -0.05) is 70.9 Å². The van der Waals surface area contributed by atoms with Gasteiger partial charge in [0.1, 0.15) is 0 Å². The highest BCUT2D eigenvalue weighted by atomic mass is 16.5. The third kappa shape index (κ3) is 12.7. The smallest absolute Gasteiger partial charge is 0.0650 e. The van der Waals surface area contributed by atoms with Crippen LogP contribution < -0.4 is 0 Å². The lowest BCUT2D eigenvalue weighted by molar-refractivity contribution is 0.0402. The summed E-state index contributed by atoms with van der Waals surface area (Å²) in [5.41, 5.74) is 1.31. The molecule has 1 N–H and O–H groups in total. The molecule has 0 spiro atoms. The van der Waals surface area contributed by atoms with Crippen LogP contribution in [-0.4, -0.2) is 24.9 Å². The van der Waals surface area contributed by atoms with Crippen molar-refractivity contribution < 1.29 is 9.84 Å². The van der Waals surface area contributed by atoms with Crippen molar-refractivity contribution in [3.05, 3.63) is 11.6 Å². The number of aliphatic hydroxyl groups excluding tert-OH is 1. The Hall–Kier alpha value is -0.340. The maximum Gasteiger partial charge on any atom is 0.0650 e. The zero-order valence-corrected chi connectivity index (χ0v) is 14.2. The predicted octanol–water partition coefficient (Wildman–Crippen LogP) is 5.11. The van der Waals surface area contributed by atoms with E-state index in [4.69, 9.17) is 9.84 Å². The van der Waals surface area contributed by atoms with Crippen LogP contribution in [0.3, 0.4) is 0 Å². The molecule has 0 heterocycles. The average Bonchev–Trinajstić information content (AvgIpc) is 2.43. The number of hydrogen-bond donors (Lipinski definition) is 1. The number of unbranched alkanes of at least 4 members (excludes halogenated alkanes) is 6. The van der Waals surface area contributed by atoms with E-state index in [9.17, 15) is 0 Å². The molecule has 0 aliphatic rings. The molecule has 0 atom stereocenters. The standard InChI is InChI=1S/C18H36O2/c1-5-6-7-8-9-10-11-12-17(2)13-14-20-16-18(3,4)15-19/h13,19H,5-12,14-16H2,1-4H3/b17-13+. The van der Waals surface area contributed by atoms with Crippen molar-refractivity contribution >= 4 is 0 Å². The van der Waals surface area contributed by atoms with E-state index in [0.29, 0.717) is 13.2 Å². The molecule has 0 saturated heterocycles. The van der Waals surface area contributed by atoms with Crippen LogP contribution in [-0.2, 0) is 4.74 Å². The summed E-state index contributed by atoms with van der Waals surface area (Å²) in [7, 11) is 0. The van der Waals surface area contributed by atoms with Crippen LogP contribution >= 0.6 is 0 Å². The zero-order chi connectivity index (χ0) is 15.3. The lowest BCUT2D eigenvalue weighted by atomic mass is 9.97. The van der Waals surface area contributed by atoms with Crippen LogP contribution in [0.15, 0.2) is 11.6 Å². The van der Waals surface area contributed by atoms with Gasteiger partial charge < -0.3 is 9.84 Å². The van der Waals surface area contributed by atoms with Gasteiger partial charge in [0.05, 0.1) is 19.8 Å². The second kappa shape index (κ2) is 12.4. The van der Waals surface area contributed by atoms with E-state index >= 15 is 0 Å². The van der Waals surface area contributed by atoms with Crippen molar-refractivity contribution in [2.24, 2.45) is 5.41 Å². The Kier molecular flexibility index (Phi) is 12.2. The number of allylic oxidation sites excluding steroid dienone is 1. The van der Waals surface area contributed by atoms with Gasteiger partial charge in [-0.2, -0.15) is 0 Å². The molecule has 0 saturated carbocycles. The maximum atomic E-state index is 9.13. The molecule has 2 nitrogen and oxygen atoms in total. The SMILES string of the molecule is CCCCCCCCC/C(C)=C/COCC(C)(C)CO. The molecule has 2 heteroatoms. The van der Waals surface area contributed by atoms with Crippen LogP contribution in [0.1, 0.15) is 79.1 Å². The molecule has 0 aliphatic carbocycles. The Balaban J connectivity index is 3.47. The van der Waals surface area contributed by atoms with Gasteiger partial charge in [0, 0.05) is 5.41 Å². The summed E-state index contributed by atoms with van der Waals surface area (Å²) in [5.74, 6) is 0. The third-order valence-electron chi connectivity index (χ3n) is 3.65. The van der Waals surface area contributed by atoms with Crippen LogP contribution in [0.4, 0.5) is 0 Å². The van der Waals surface area contributed by atoms with Gasteiger partial charge in [-0.25, -0.2) is 0 Å². The minimum Gasteiger partial charge on any atom is -0.396 e. The van der Waals surface area contributed by atoms with Crippen LogP contribution in [0.5, 0.6) is 0 Å². The van der Waals surface area contributed by atoms with E-state index in [-0.39, 0.29) is 12.0 Å². The molecule has 120 valence electrons. The first kappa shape index (κ1) is 19.7. The normalized spacial score (nSPS) is 12.9. The molecule has 0 radical (unpaired) electrons. The van der Waals surface area contributed by atoms with Gasteiger partial charge in [0.25, 0.3) is 0 Å². The first-order chi connectivity index (χ1) is 9.52. The highest BCUT2D eigenvalue weighted by Gasteiger charge is 2.15. The summed E-state index contributed by atoms with van der Waals surface area (Å²) in [6.45, 7) is 9.95. The predicted molar refractivity (Wildman–Crippen MR) is 88.1 cm³/mol. The van der Waals surface area contributed by atoms with E-state index < -0.39 is 0 Å². The number of ether oxygens (including phenoxy) is 1. The summed E-state index contributed by atoms with van der Waals surface area (Å²) in [6.07, 6.45) is 12.9. The largest absolute Gasteiger partial charge is 0.396 e. The second-order valence-electron chi connectivity index (χ2n) is 6.76. The first-order valence-corrected chi connectivity index (χ1v) is 8.36. The Labute approximate surface area is 126 Å². The van der Waals surface area contributed by atoms with Gasteiger partial charge in [-0.15, -0.1) is 0 Å². The average molecular weight is 284 g/mol. The Morgan fingerprint density at radius 2 is 1.65 bits per heavy atom. The van der Waals surface area contributed by atoms with Crippen molar-refractivity contribution in [3.8, 4) is 0 Å². The number of rotatable bonds is 13. The molecule has 0 unspecified atom stereocenters. The van der Waals surface area contributed by atoms with Gasteiger partial charge in [0.2, 0.25) is 0 Å². The molecule has 0 bridgehead atoms. The van der Waals surface area contributed by atoms with Crippen LogP contribution in [0, 0.1) is 5.41 Å². The monoisotopic (exact) mass is 284 g/mol. The van der Waals surface area contributed by atoms with Crippen LogP contribution in [0.25, 0.3) is 0 Å². The van der Waals surface area contributed by atoms with Crippen molar-refractivity contribution in [1.82, 2.24) is 0 Å². The topological polar surface area (TPSA) is 29.5 Å². The van der Waals surface area contributed by atoms with Gasteiger partial charge in [-0.3, -0.25) is 0 Å².